The third-order valence-electron chi connectivity index (χ3n) is 11.2. The van der Waals surface area contributed by atoms with Gasteiger partial charge in [-0.2, -0.15) is 0 Å². The summed E-state index contributed by atoms with van der Waals surface area (Å²) in [6.07, 6.45) is -0.916. The highest BCUT2D eigenvalue weighted by molar-refractivity contribution is 7.99. The molecule has 0 radical (unpaired) electrons. The highest BCUT2D eigenvalue weighted by Crippen LogP contribution is 2.47. The molecule has 17 heteroatoms. The highest BCUT2D eigenvalue weighted by atomic mass is 35.5. The molecule has 3 aliphatic rings. The van der Waals surface area contributed by atoms with Crippen LogP contribution in [-0.2, 0) is 23.9 Å². The van der Waals surface area contributed by atoms with Crippen LogP contribution < -0.4 is 19.9 Å². The number of nitrogens with zero attached hydrogens (tertiary/aromatic N) is 6. The van der Waals surface area contributed by atoms with E-state index in [1.165, 1.54) is 25.1 Å². The predicted octanol–water partition coefficient (Wildman–Crippen LogP) is 8.91. The number of amides is 3. The molecule has 15 nitrogen and oxygen atoms in total. The topological polar surface area (TPSA) is 176 Å². The van der Waals surface area contributed by atoms with Crippen molar-refractivity contribution in [1.29, 1.82) is 0 Å². The average Bonchev–Trinajstić information content (AvgIpc) is 3.66. The van der Waals surface area contributed by atoms with E-state index in [2.05, 4.69) is 15.3 Å². The fourth-order valence-electron chi connectivity index (χ4n) is 7.76. The second-order valence-corrected chi connectivity index (χ2v) is 17.9. The summed E-state index contributed by atoms with van der Waals surface area (Å²) in [7, 11) is 7.30. The van der Waals surface area contributed by atoms with Crippen molar-refractivity contribution in [2.45, 2.75) is 23.2 Å². The van der Waals surface area contributed by atoms with Crippen molar-refractivity contribution >= 4 is 81.2 Å². The van der Waals surface area contributed by atoms with Crippen molar-refractivity contribution in [1.82, 2.24) is 4.90 Å². The van der Waals surface area contributed by atoms with Crippen LogP contribution in [0.4, 0.5) is 22.7 Å². The van der Waals surface area contributed by atoms with Crippen LogP contribution in [0.1, 0.15) is 40.0 Å². The summed E-state index contributed by atoms with van der Waals surface area (Å²) < 4.78 is 10.8. The number of para-hydroxylation sites is 1. The van der Waals surface area contributed by atoms with Crippen LogP contribution in [-0.4, -0.2) is 105 Å². The van der Waals surface area contributed by atoms with Gasteiger partial charge in [-0.3, -0.25) is 39.3 Å². The predicted molar refractivity (Wildman–Crippen MR) is 275 cm³/mol. The van der Waals surface area contributed by atoms with Crippen LogP contribution in [0.5, 0.6) is 5.75 Å². The minimum atomic E-state index is -0.916. The summed E-state index contributed by atoms with van der Waals surface area (Å²) in [6.45, 7) is 2.69. The molecule has 0 aliphatic carbocycles. The fourth-order valence-corrected chi connectivity index (χ4v) is 9.25. The van der Waals surface area contributed by atoms with Gasteiger partial charge in [0, 0.05) is 71.4 Å². The Morgan fingerprint density at radius 2 is 1.44 bits per heavy atom. The van der Waals surface area contributed by atoms with Gasteiger partial charge in [0.15, 0.2) is 6.10 Å². The number of methoxy groups -OCH3 is 1. The van der Waals surface area contributed by atoms with E-state index in [1.54, 1.807) is 41.8 Å². The molecule has 0 saturated heterocycles. The molecule has 9 rings (SSSR count). The maximum absolute atomic E-state index is 13.6. The largest absolute Gasteiger partial charge is 0.497 e. The second kappa shape index (κ2) is 23.1. The molecule has 0 aromatic heterocycles. The van der Waals surface area contributed by atoms with Gasteiger partial charge >= 0.3 is 5.97 Å². The quantitative estimate of drug-likeness (QED) is 0.0837. The third kappa shape index (κ3) is 12.1. The van der Waals surface area contributed by atoms with Crippen LogP contribution in [0, 0.1) is 10.1 Å². The van der Waals surface area contributed by atoms with Gasteiger partial charge < -0.3 is 29.5 Å². The Hall–Kier alpha value is -7.66. The number of carbonyl (C=O) groups excluding carboxylic acids is 4. The van der Waals surface area contributed by atoms with E-state index in [1.807, 2.05) is 140 Å². The number of likely N-dealkylation sites (N-methyl/N-ethyl adjacent to an activating group) is 2. The normalized spacial score (nSPS) is 16.1. The Morgan fingerprint density at radius 1 is 0.814 bits per heavy atom. The first-order valence-electron chi connectivity index (χ1n) is 22.1. The molecule has 6 aromatic rings. The van der Waals surface area contributed by atoms with Crippen molar-refractivity contribution in [2.75, 3.05) is 69.5 Å². The van der Waals surface area contributed by atoms with Gasteiger partial charge in [0.2, 0.25) is 11.8 Å². The zero-order valence-electron chi connectivity index (χ0n) is 39.1. The number of carbonyl (C=O) groups is 4. The number of rotatable bonds is 9. The van der Waals surface area contributed by atoms with Crippen LogP contribution in [0.15, 0.2) is 160 Å². The minimum absolute atomic E-state index is 0.00724. The second-order valence-electron chi connectivity index (χ2n) is 16.3. The summed E-state index contributed by atoms with van der Waals surface area (Å²) in [5.74, 6) is -0.215. The number of fused-ring (bicyclic) bond motifs is 3. The molecule has 70 heavy (non-hydrogen) atoms. The third-order valence-corrected chi connectivity index (χ3v) is 12.9. The minimum Gasteiger partial charge on any atom is -0.497 e. The maximum atomic E-state index is 13.6. The van der Waals surface area contributed by atoms with Crippen LogP contribution in [0.2, 0.25) is 5.02 Å². The molecule has 3 aliphatic heterocycles. The first-order chi connectivity index (χ1) is 33.7. The lowest BCUT2D eigenvalue weighted by Crippen LogP contribution is -2.45. The number of halogens is 1. The number of thioether (sulfide) groups is 1. The van der Waals surface area contributed by atoms with Gasteiger partial charge in [0.25, 0.3) is 11.6 Å². The Labute approximate surface area is 414 Å². The van der Waals surface area contributed by atoms with E-state index in [4.69, 9.17) is 21.1 Å². The molecular formula is C53H50ClN7O8S. The van der Waals surface area contributed by atoms with E-state index in [9.17, 15) is 29.3 Å². The number of hydrogen-bond acceptors (Lipinski definition) is 12. The summed E-state index contributed by atoms with van der Waals surface area (Å²) in [5, 5.41) is 13.9. The number of anilines is 3. The molecule has 1 N–H and O–H groups in total. The molecule has 358 valence electrons. The van der Waals surface area contributed by atoms with Crippen LogP contribution in [0.3, 0.4) is 0 Å². The summed E-state index contributed by atoms with van der Waals surface area (Å²) in [6, 6.07) is 44.4. The number of benzene rings is 6. The molecule has 0 spiro atoms. The number of nitro benzene ring substituents is 1. The fraction of sp³-hybridized carbons (Fsp3) is 0.208. The van der Waals surface area contributed by atoms with E-state index >= 15 is 0 Å². The molecule has 6 aromatic carbocycles. The number of non-ortho nitro benzene ring substituents is 1. The lowest BCUT2D eigenvalue weighted by molar-refractivity contribution is -0.384. The van der Waals surface area contributed by atoms with Crippen LogP contribution >= 0.6 is 23.4 Å². The van der Waals surface area contributed by atoms with Gasteiger partial charge in [-0.25, -0.2) is 0 Å². The molecule has 3 amide bonds. The smallest absolute Gasteiger partial charge is 0.303 e. The zero-order chi connectivity index (χ0) is 49.9. The first-order valence-corrected chi connectivity index (χ1v) is 23.4. The summed E-state index contributed by atoms with van der Waals surface area (Å²) in [4.78, 5) is 74.8. The van der Waals surface area contributed by atoms with Crippen molar-refractivity contribution in [3.05, 3.63) is 189 Å². The highest BCUT2D eigenvalue weighted by Gasteiger charge is 2.40. The van der Waals surface area contributed by atoms with Gasteiger partial charge in [0.1, 0.15) is 18.8 Å². The van der Waals surface area contributed by atoms with Gasteiger partial charge in [0.05, 0.1) is 45.8 Å². The number of nitro groups is 1. The molecule has 3 heterocycles. The summed E-state index contributed by atoms with van der Waals surface area (Å²) in [5.41, 5.74) is 7.71. The number of nitrogens with one attached hydrogen (secondary N) is 1. The molecule has 2 atom stereocenters. The Morgan fingerprint density at radius 3 is 2.07 bits per heavy atom. The Balaban J connectivity index is 0.000000158. The molecular weight excluding hydrogens is 930 g/mol. The standard InChI is InChI=1S/C22H26N2O4S.C16H13ClN2O.C15H11N3O3/c1-15(25)28-20-21(16-9-11-17(27-4)12-10-16)29-19-8-6-5-7-18(19)24(22(20)26)14-13-23(2)3;1-19-14-8-7-12(17)9-13(14)16(18-10-15(19)20)11-5-3-2-4-6-11;19-14-9-16-15(10-4-2-1-3-5-10)12-8-11(18(20)21)6-7-13(12)17-14/h5-12,20-21H,13-14H2,1-4H3;2-9H,10H2,1H3;1-8H,9H2,(H,17,19)/t20-,21+;;/m1../s1. The van der Waals surface area contributed by atoms with Crippen LogP contribution in [0.25, 0.3) is 0 Å². The van der Waals surface area contributed by atoms with Gasteiger partial charge in [-0.15, -0.1) is 11.8 Å². The molecule has 0 bridgehead atoms. The van der Waals surface area contributed by atoms with Crippen molar-refractivity contribution in [3.63, 3.8) is 0 Å². The van der Waals surface area contributed by atoms with Gasteiger partial charge in [-0.05, 0) is 68.2 Å². The average molecular weight is 981 g/mol. The lowest BCUT2D eigenvalue weighted by atomic mass is 10.00. The molecule has 0 unspecified atom stereocenters. The van der Waals surface area contributed by atoms with E-state index in [-0.39, 0.29) is 41.7 Å². The number of benzodiazepines with no additional fused rings is 2. The monoisotopic (exact) mass is 979 g/mol. The SMILES string of the molecule is CN1C(=O)CN=C(c2ccccc2)c2cc(Cl)ccc21.COc1ccc([C@@H]2Sc3ccccc3N(CCN(C)C)C(=O)[C@@H]2OC(C)=O)cc1.O=C1CN=C(c2ccccc2)c2cc([N+](=O)[O-])ccc2N1. The van der Waals surface area contributed by atoms with E-state index in [0.29, 0.717) is 35.1 Å². The Kier molecular flexibility index (Phi) is 16.6. The first kappa shape index (κ1) is 50.2. The van der Waals surface area contributed by atoms with Crippen molar-refractivity contribution < 1.29 is 33.6 Å². The Bertz CT molecular complexity index is 2950. The number of aliphatic imine (C=N–C) groups is 2. The van der Waals surface area contributed by atoms with E-state index < -0.39 is 17.0 Å². The number of hydrogen-bond donors (Lipinski definition) is 1. The maximum Gasteiger partial charge on any atom is 0.303 e. The van der Waals surface area contributed by atoms with Crippen molar-refractivity contribution in [3.8, 4) is 5.75 Å². The number of esters is 1. The number of ether oxygens (including phenoxy) is 2. The van der Waals surface area contributed by atoms with Gasteiger partial charge in [-0.1, -0.05) is 96.5 Å². The zero-order valence-corrected chi connectivity index (χ0v) is 40.6. The molecule has 0 saturated carbocycles. The van der Waals surface area contributed by atoms with Crippen molar-refractivity contribution in [2.24, 2.45) is 9.98 Å². The lowest BCUT2D eigenvalue weighted by Gasteiger charge is -2.28. The summed E-state index contributed by atoms with van der Waals surface area (Å²) >= 11 is 7.65. The molecule has 0 fully saturated rings. The van der Waals surface area contributed by atoms with E-state index in [0.717, 1.165) is 50.0 Å².